The van der Waals surface area contributed by atoms with Gasteiger partial charge in [0, 0.05) is 0 Å². The van der Waals surface area contributed by atoms with Gasteiger partial charge in [-0.25, -0.2) is 0 Å². The van der Waals surface area contributed by atoms with Gasteiger partial charge in [0.1, 0.15) is 0 Å². The summed E-state index contributed by atoms with van der Waals surface area (Å²) in [6.45, 7) is 2.17. The van der Waals surface area contributed by atoms with E-state index < -0.39 is 0 Å². The van der Waals surface area contributed by atoms with E-state index in [1.54, 1.807) is 0 Å². The van der Waals surface area contributed by atoms with Gasteiger partial charge in [0.25, 0.3) is 0 Å². The summed E-state index contributed by atoms with van der Waals surface area (Å²) in [6, 6.07) is 28.4. The Labute approximate surface area is 131 Å². The average Bonchev–Trinajstić information content (AvgIpc) is 2.95. The summed E-state index contributed by atoms with van der Waals surface area (Å²) >= 11 is 0. The first-order chi connectivity index (χ1) is 10.8. The highest BCUT2D eigenvalue weighted by Crippen LogP contribution is 2.42. The third-order valence-corrected chi connectivity index (χ3v) is 4.38. The van der Waals surface area contributed by atoms with Gasteiger partial charge in [-0.1, -0.05) is 84.4 Å². The van der Waals surface area contributed by atoms with E-state index in [1.165, 1.54) is 39.0 Å². The maximum Gasteiger partial charge on any atom is -0.000718 e. The number of hydrogen-bond donors (Lipinski definition) is 0. The molecule has 1 aliphatic rings. The fraction of sp³-hybridized carbons (Fsp3) is 0.0909. The lowest BCUT2D eigenvalue weighted by Crippen LogP contribution is -1.89. The van der Waals surface area contributed by atoms with Crippen LogP contribution in [0.3, 0.4) is 0 Å². The minimum Gasteiger partial charge on any atom is -0.0622 e. The first kappa shape index (κ1) is 13.1. The third kappa shape index (κ3) is 2.17. The molecule has 0 amide bonds. The molecule has 3 aromatic rings. The van der Waals surface area contributed by atoms with Gasteiger partial charge < -0.3 is 0 Å². The predicted molar refractivity (Wildman–Crippen MR) is 93.7 cm³/mol. The SMILES string of the molecule is Cc1ccc2c(c1)CC(c1ccccc1)=C2c1ccccc1. The smallest absolute Gasteiger partial charge is 0.000718 e. The number of allylic oxidation sites excluding steroid dienone is 1. The first-order valence-corrected chi connectivity index (χ1v) is 7.77. The molecule has 0 heterocycles. The molecule has 0 bridgehead atoms. The van der Waals surface area contributed by atoms with E-state index in [4.69, 9.17) is 0 Å². The van der Waals surface area contributed by atoms with Gasteiger partial charge in [-0.2, -0.15) is 0 Å². The molecular formula is C22H18. The van der Waals surface area contributed by atoms with E-state index in [0.717, 1.165) is 6.42 Å². The molecule has 0 radical (unpaired) electrons. The standard InChI is InChI=1S/C22H18/c1-16-12-13-20-19(14-16)15-21(17-8-4-2-5-9-17)22(20)18-10-6-3-7-11-18/h2-14H,15H2,1H3. The molecule has 0 aromatic heterocycles. The van der Waals surface area contributed by atoms with Crippen LogP contribution in [-0.2, 0) is 6.42 Å². The van der Waals surface area contributed by atoms with Gasteiger partial charge in [-0.05, 0) is 46.7 Å². The zero-order chi connectivity index (χ0) is 14.9. The number of hydrogen-bond acceptors (Lipinski definition) is 0. The van der Waals surface area contributed by atoms with Gasteiger partial charge in [0.2, 0.25) is 0 Å². The lowest BCUT2D eigenvalue weighted by Gasteiger charge is -2.09. The summed E-state index contributed by atoms with van der Waals surface area (Å²) in [6.07, 6.45) is 1.02. The summed E-state index contributed by atoms with van der Waals surface area (Å²) in [5.41, 5.74) is 9.63. The molecule has 0 aliphatic heterocycles. The highest BCUT2D eigenvalue weighted by atomic mass is 14.3. The van der Waals surface area contributed by atoms with E-state index >= 15 is 0 Å². The Balaban J connectivity index is 1.96. The van der Waals surface area contributed by atoms with E-state index in [2.05, 4.69) is 85.8 Å². The minimum absolute atomic E-state index is 1.02. The highest BCUT2D eigenvalue weighted by Gasteiger charge is 2.23. The van der Waals surface area contributed by atoms with Crippen molar-refractivity contribution in [3.63, 3.8) is 0 Å². The van der Waals surface area contributed by atoms with Crippen molar-refractivity contribution < 1.29 is 0 Å². The first-order valence-electron chi connectivity index (χ1n) is 7.77. The Hall–Kier alpha value is -2.60. The van der Waals surface area contributed by atoms with Gasteiger partial charge in [0.05, 0.1) is 0 Å². The predicted octanol–water partition coefficient (Wildman–Crippen LogP) is 5.51. The quantitative estimate of drug-likeness (QED) is 0.581. The fourth-order valence-corrected chi connectivity index (χ4v) is 3.37. The van der Waals surface area contributed by atoms with Gasteiger partial charge in [-0.15, -0.1) is 0 Å². The molecule has 0 unspecified atom stereocenters. The van der Waals surface area contributed by atoms with Crippen LogP contribution in [0.2, 0.25) is 0 Å². The Kier molecular flexibility index (Phi) is 3.16. The van der Waals surface area contributed by atoms with Crippen molar-refractivity contribution >= 4 is 11.1 Å². The van der Waals surface area contributed by atoms with Crippen LogP contribution in [0.15, 0.2) is 78.9 Å². The van der Waals surface area contributed by atoms with Crippen molar-refractivity contribution in [1.82, 2.24) is 0 Å². The summed E-state index contributed by atoms with van der Waals surface area (Å²) in [5, 5.41) is 0. The minimum atomic E-state index is 1.02. The Morgan fingerprint density at radius 2 is 1.32 bits per heavy atom. The topological polar surface area (TPSA) is 0 Å². The maximum atomic E-state index is 2.33. The summed E-state index contributed by atoms with van der Waals surface area (Å²) < 4.78 is 0. The maximum absolute atomic E-state index is 2.33. The van der Waals surface area contributed by atoms with Gasteiger partial charge in [-0.3, -0.25) is 0 Å². The number of fused-ring (bicyclic) bond motifs is 1. The van der Waals surface area contributed by atoms with E-state index in [1.807, 2.05) is 0 Å². The largest absolute Gasteiger partial charge is 0.0622 e. The van der Waals surface area contributed by atoms with Crippen LogP contribution >= 0.6 is 0 Å². The molecule has 0 saturated carbocycles. The third-order valence-electron chi connectivity index (χ3n) is 4.38. The van der Waals surface area contributed by atoms with Crippen LogP contribution in [0, 0.1) is 6.92 Å². The summed E-state index contributed by atoms with van der Waals surface area (Å²) in [4.78, 5) is 0. The number of aryl methyl sites for hydroxylation is 1. The fourth-order valence-electron chi connectivity index (χ4n) is 3.37. The zero-order valence-corrected chi connectivity index (χ0v) is 12.7. The molecular weight excluding hydrogens is 264 g/mol. The second kappa shape index (κ2) is 5.31. The van der Waals surface area contributed by atoms with Crippen molar-refractivity contribution in [2.45, 2.75) is 13.3 Å². The van der Waals surface area contributed by atoms with Crippen LogP contribution < -0.4 is 0 Å². The van der Waals surface area contributed by atoms with Crippen LogP contribution in [0.5, 0.6) is 0 Å². The summed E-state index contributed by atoms with van der Waals surface area (Å²) in [7, 11) is 0. The zero-order valence-electron chi connectivity index (χ0n) is 12.7. The molecule has 0 nitrogen and oxygen atoms in total. The van der Waals surface area contributed by atoms with E-state index in [9.17, 15) is 0 Å². The van der Waals surface area contributed by atoms with Crippen molar-refractivity contribution in [3.8, 4) is 0 Å². The van der Waals surface area contributed by atoms with Crippen molar-refractivity contribution in [1.29, 1.82) is 0 Å². The Morgan fingerprint density at radius 3 is 2.00 bits per heavy atom. The van der Waals surface area contributed by atoms with Crippen molar-refractivity contribution in [2.24, 2.45) is 0 Å². The number of benzene rings is 3. The molecule has 0 heteroatoms. The van der Waals surface area contributed by atoms with Crippen molar-refractivity contribution in [3.05, 3.63) is 107 Å². The van der Waals surface area contributed by atoms with E-state index in [0.29, 0.717) is 0 Å². The second-order valence-corrected chi connectivity index (χ2v) is 5.92. The highest BCUT2D eigenvalue weighted by molar-refractivity contribution is 6.03. The van der Waals surface area contributed by atoms with Crippen LogP contribution in [0.4, 0.5) is 0 Å². The lowest BCUT2D eigenvalue weighted by atomic mass is 9.94. The van der Waals surface area contributed by atoms with Gasteiger partial charge in [0.15, 0.2) is 0 Å². The van der Waals surface area contributed by atoms with Crippen LogP contribution in [-0.4, -0.2) is 0 Å². The van der Waals surface area contributed by atoms with Gasteiger partial charge >= 0.3 is 0 Å². The molecule has 0 fully saturated rings. The molecule has 0 spiro atoms. The van der Waals surface area contributed by atoms with Crippen LogP contribution in [0.1, 0.15) is 27.8 Å². The number of rotatable bonds is 2. The molecule has 0 atom stereocenters. The van der Waals surface area contributed by atoms with E-state index in [-0.39, 0.29) is 0 Å². The Morgan fingerprint density at radius 1 is 0.682 bits per heavy atom. The lowest BCUT2D eigenvalue weighted by molar-refractivity contribution is 1.29. The second-order valence-electron chi connectivity index (χ2n) is 5.92. The molecule has 0 N–H and O–H groups in total. The normalized spacial score (nSPS) is 13.3. The van der Waals surface area contributed by atoms with Crippen molar-refractivity contribution in [2.75, 3.05) is 0 Å². The summed E-state index contributed by atoms with van der Waals surface area (Å²) in [5.74, 6) is 0. The molecule has 4 rings (SSSR count). The molecule has 3 aromatic carbocycles. The molecule has 106 valence electrons. The Bertz CT molecular complexity index is 840. The molecule has 0 saturated heterocycles. The monoisotopic (exact) mass is 282 g/mol. The molecule has 22 heavy (non-hydrogen) atoms. The van der Waals surface area contributed by atoms with Crippen LogP contribution in [0.25, 0.3) is 11.1 Å². The molecule has 1 aliphatic carbocycles. The average molecular weight is 282 g/mol.